The molecule has 0 radical (unpaired) electrons. The number of nitrogens with zero attached hydrogens (tertiary/aromatic N) is 2. The molecule has 0 saturated heterocycles. The van der Waals surface area contributed by atoms with Gasteiger partial charge in [0.2, 0.25) is 0 Å². The third-order valence-corrected chi connectivity index (χ3v) is 2.83. The fourth-order valence-electron chi connectivity index (χ4n) is 1.47. The second kappa shape index (κ2) is 7.25. The summed E-state index contributed by atoms with van der Waals surface area (Å²) in [7, 11) is 4.18. The van der Waals surface area contributed by atoms with Crippen LogP contribution in [0.15, 0.2) is 0 Å². The fraction of sp³-hybridized carbons (Fsp3) is 1.00. The lowest BCUT2D eigenvalue weighted by Gasteiger charge is -2.32. The van der Waals surface area contributed by atoms with Crippen molar-refractivity contribution in [2.45, 2.75) is 40.2 Å². The highest BCUT2D eigenvalue weighted by molar-refractivity contribution is 4.76. The van der Waals surface area contributed by atoms with E-state index in [-0.39, 0.29) is 11.5 Å². The standard InChI is InChI=1S/C13H30N2O/c1-7-8-15(10-9-14(5)6)11-12(16)13(2,3)4/h12,16H,7-11H2,1-6H3. The molecular weight excluding hydrogens is 200 g/mol. The van der Waals surface area contributed by atoms with Crippen LogP contribution in [0.4, 0.5) is 0 Å². The number of hydrogen-bond acceptors (Lipinski definition) is 3. The molecule has 0 fully saturated rings. The van der Waals surface area contributed by atoms with Crippen molar-refractivity contribution < 1.29 is 5.11 Å². The van der Waals surface area contributed by atoms with Crippen molar-refractivity contribution in [2.24, 2.45) is 5.41 Å². The van der Waals surface area contributed by atoms with Gasteiger partial charge >= 0.3 is 0 Å². The van der Waals surface area contributed by atoms with Crippen LogP contribution < -0.4 is 0 Å². The molecule has 1 unspecified atom stereocenters. The van der Waals surface area contributed by atoms with Crippen molar-refractivity contribution in [1.82, 2.24) is 9.80 Å². The van der Waals surface area contributed by atoms with Crippen molar-refractivity contribution in [3.63, 3.8) is 0 Å². The van der Waals surface area contributed by atoms with Gasteiger partial charge in [-0.05, 0) is 32.5 Å². The summed E-state index contributed by atoms with van der Waals surface area (Å²) in [6, 6.07) is 0. The van der Waals surface area contributed by atoms with Gasteiger partial charge < -0.3 is 10.0 Å². The molecule has 0 aliphatic rings. The Kier molecular flexibility index (Phi) is 7.20. The zero-order valence-electron chi connectivity index (χ0n) is 12.0. The molecule has 0 aromatic carbocycles. The number of hydrogen-bond donors (Lipinski definition) is 1. The number of aliphatic hydroxyl groups excluding tert-OH is 1. The van der Waals surface area contributed by atoms with Crippen molar-refractivity contribution in [2.75, 3.05) is 40.3 Å². The maximum atomic E-state index is 10.1. The zero-order chi connectivity index (χ0) is 12.8. The average Bonchev–Trinajstić information content (AvgIpc) is 2.12. The molecular formula is C13H30N2O. The van der Waals surface area contributed by atoms with E-state index in [9.17, 15) is 5.11 Å². The Hall–Kier alpha value is -0.120. The maximum Gasteiger partial charge on any atom is 0.0715 e. The van der Waals surface area contributed by atoms with Gasteiger partial charge in [0.25, 0.3) is 0 Å². The third kappa shape index (κ3) is 7.20. The number of likely N-dealkylation sites (N-methyl/N-ethyl adjacent to an activating group) is 1. The minimum absolute atomic E-state index is 0.0237. The summed E-state index contributed by atoms with van der Waals surface area (Å²) in [6.45, 7) is 12.4. The van der Waals surface area contributed by atoms with E-state index in [0.29, 0.717) is 0 Å². The van der Waals surface area contributed by atoms with E-state index in [2.05, 4.69) is 51.6 Å². The minimum atomic E-state index is -0.249. The predicted molar refractivity (Wildman–Crippen MR) is 70.7 cm³/mol. The maximum absolute atomic E-state index is 10.1. The molecule has 0 heterocycles. The molecule has 0 amide bonds. The Labute approximate surface area is 101 Å². The second-order valence-corrected chi connectivity index (χ2v) is 5.99. The van der Waals surface area contributed by atoms with Crippen LogP contribution in [0.25, 0.3) is 0 Å². The molecule has 0 aliphatic heterocycles. The minimum Gasteiger partial charge on any atom is -0.391 e. The molecule has 1 atom stereocenters. The summed E-state index contributed by atoms with van der Waals surface area (Å²) in [5.74, 6) is 0. The molecule has 0 aromatic heterocycles. The fourth-order valence-corrected chi connectivity index (χ4v) is 1.47. The van der Waals surface area contributed by atoms with Gasteiger partial charge in [-0.1, -0.05) is 27.7 Å². The quantitative estimate of drug-likeness (QED) is 0.721. The monoisotopic (exact) mass is 230 g/mol. The van der Waals surface area contributed by atoms with Crippen LogP contribution in [0.1, 0.15) is 34.1 Å². The van der Waals surface area contributed by atoms with Gasteiger partial charge in [-0.2, -0.15) is 0 Å². The first-order valence-electron chi connectivity index (χ1n) is 6.32. The highest BCUT2D eigenvalue weighted by Crippen LogP contribution is 2.19. The van der Waals surface area contributed by atoms with E-state index in [0.717, 1.165) is 32.6 Å². The molecule has 0 spiro atoms. The average molecular weight is 230 g/mol. The van der Waals surface area contributed by atoms with Gasteiger partial charge in [0.05, 0.1) is 6.10 Å². The van der Waals surface area contributed by atoms with E-state index >= 15 is 0 Å². The second-order valence-electron chi connectivity index (χ2n) is 5.99. The summed E-state index contributed by atoms with van der Waals surface area (Å²) in [4.78, 5) is 4.54. The number of rotatable bonds is 7. The first-order chi connectivity index (χ1) is 7.27. The molecule has 0 aromatic rings. The Morgan fingerprint density at radius 1 is 1.06 bits per heavy atom. The Bertz CT molecular complexity index is 175. The van der Waals surface area contributed by atoms with Crippen molar-refractivity contribution in [3.05, 3.63) is 0 Å². The van der Waals surface area contributed by atoms with Crippen LogP contribution in [0.2, 0.25) is 0 Å². The summed E-state index contributed by atoms with van der Waals surface area (Å²) >= 11 is 0. The van der Waals surface area contributed by atoms with E-state index in [4.69, 9.17) is 0 Å². The smallest absolute Gasteiger partial charge is 0.0715 e. The Balaban J connectivity index is 4.11. The van der Waals surface area contributed by atoms with Gasteiger partial charge in [-0.3, -0.25) is 4.90 Å². The predicted octanol–water partition coefficient (Wildman–Crippen LogP) is 1.67. The number of aliphatic hydroxyl groups is 1. The molecule has 1 N–H and O–H groups in total. The first kappa shape index (κ1) is 15.9. The Morgan fingerprint density at radius 2 is 1.62 bits per heavy atom. The van der Waals surface area contributed by atoms with Gasteiger partial charge in [-0.15, -0.1) is 0 Å². The summed E-state index contributed by atoms with van der Waals surface area (Å²) in [5, 5.41) is 10.1. The lowest BCUT2D eigenvalue weighted by molar-refractivity contribution is 0.0269. The van der Waals surface area contributed by atoms with Crippen LogP contribution in [-0.4, -0.2) is 61.3 Å². The highest BCUT2D eigenvalue weighted by atomic mass is 16.3. The van der Waals surface area contributed by atoms with Gasteiger partial charge in [-0.25, -0.2) is 0 Å². The van der Waals surface area contributed by atoms with E-state index < -0.39 is 0 Å². The van der Waals surface area contributed by atoms with E-state index in [1.165, 1.54) is 0 Å². The molecule has 0 aliphatic carbocycles. The van der Waals surface area contributed by atoms with Crippen LogP contribution in [0.3, 0.4) is 0 Å². The third-order valence-electron chi connectivity index (χ3n) is 2.83. The normalized spacial score (nSPS) is 14.8. The van der Waals surface area contributed by atoms with Gasteiger partial charge in [0.15, 0.2) is 0 Å². The van der Waals surface area contributed by atoms with E-state index in [1.807, 2.05) is 0 Å². The lowest BCUT2D eigenvalue weighted by atomic mass is 9.89. The van der Waals surface area contributed by atoms with Crippen LogP contribution in [0, 0.1) is 5.41 Å². The molecule has 3 nitrogen and oxygen atoms in total. The first-order valence-corrected chi connectivity index (χ1v) is 6.32. The topological polar surface area (TPSA) is 26.7 Å². The van der Waals surface area contributed by atoms with Crippen molar-refractivity contribution >= 4 is 0 Å². The molecule has 0 saturated carbocycles. The summed E-state index contributed by atoms with van der Waals surface area (Å²) in [6.07, 6.45) is 0.894. The zero-order valence-corrected chi connectivity index (χ0v) is 12.0. The molecule has 3 heteroatoms. The van der Waals surface area contributed by atoms with Gasteiger partial charge in [0, 0.05) is 19.6 Å². The van der Waals surface area contributed by atoms with Crippen LogP contribution >= 0.6 is 0 Å². The molecule has 98 valence electrons. The highest BCUT2D eigenvalue weighted by Gasteiger charge is 2.24. The molecule has 16 heavy (non-hydrogen) atoms. The molecule has 0 rings (SSSR count). The van der Waals surface area contributed by atoms with Crippen LogP contribution in [-0.2, 0) is 0 Å². The summed E-state index contributed by atoms with van der Waals surface area (Å²) < 4.78 is 0. The summed E-state index contributed by atoms with van der Waals surface area (Å²) in [5.41, 5.74) is -0.0237. The van der Waals surface area contributed by atoms with Crippen LogP contribution in [0.5, 0.6) is 0 Å². The largest absolute Gasteiger partial charge is 0.391 e. The van der Waals surface area contributed by atoms with Gasteiger partial charge in [0.1, 0.15) is 0 Å². The molecule has 0 bridgehead atoms. The van der Waals surface area contributed by atoms with Crippen molar-refractivity contribution in [1.29, 1.82) is 0 Å². The van der Waals surface area contributed by atoms with E-state index in [1.54, 1.807) is 0 Å². The Morgan fingerprint density at radius 3 is 2.00 bits per heavy atom. The SMILES string of the molecule is CCCN(CCN(C)C)CC(O)C(C)(C)C. The lowest BCUT2D eigenvalue weighted by Crippen LogP contribution is -2.42. The van der Waals surface area contributed by atoms with Crippen molar-refractivity contribution in [3.8, 4) is 0 Å².